The average molecular weight is 244 g/mol. The molecule has 1 aromatic carbocycles. The zero-order valence-electron chi connectivity index (χ0n) is 10.6. The molecule has 0 radical (unpaired) electrons. The summed E-state index contributed by atoms with van der Waals surface area (Å²) in [6.07, 6.45) is 2.70. The first-order valence-electron chi connectivity index (χ1n) is 5.85. The fourth-order valence-electron chi connectivity index (χ4n) is 1.62. The predicted octanol–water partition coefficient (Wildman–Crippen LogP) is 1.69. The topological polar surface area (TPSA) is 59.8 Å². The van der Waals surface area contributed by atoms with E-state index in [0.29, 0.717) is 12.2 Å². The minimum atomic E-state index is -0.0453. The van der Waals surface area contributed by atoms with E-state index in [2.05, 4.69) is 27.6 Å². The Hall–Kier alpha value is -2.17. The van der Waals surface area contributed by atoms with Crippen LogP contribution in [0.3, 0.4) is 0 Å². The number of carbonyl (C=O) groups is 1. The first-order chi connectivity index (χ1) is 8.63. The second-order valence-electron chi connectivity index (χ2n) is 4.25. The first-order valence-corrected chi connectivity index (χ1v) is 5.85. The molecule has 0 aliphatic rings. The summed E-state index contributed by atoms with van der Waals surface area (Å²) in [5.74, 6) is 0.447. The molecular formula is C13H16N4O. The highest BCUT2D eigenvalue weighted by Crippen LogP contribution is 2.07. The van der Waals surface area contributed by atoms with E-state index in [4.69, 9.17) is 0 Å². The van der Waals surface area contributed by atoms with Gasteiger partial charge >= 0.3 is 0 Å². The number of benzene rings is 1. The molecule has 5 nitrogen and oxygen atoms in total. The standard InChI is InChI=1S/C13H16N4O/c1-10-3-5-11(6-4-10)7-8-13(18)15-12-9-14-17(2)16-12/h3-6,9H,7-8H2,1-2H3,(H,15,16,18). The van der Waals surface area contributed by atoms with Crippen LogP contribution in [0.15, 0.2) is 30.5 Å². The third kappa shape index (κ3) is 3.41. The summed E-state index contributed by atoms with van der Waals surface area (Å²) in [4.78, 5) is 13.1. The summed E-state index contributed by atoms with van der Waals surface area (Å²) < 4.78 is 0. The van der Waals surface area contributed by atoms with Crippen molar-refractivity contribution in [2.75, 3.05) is 5.32 Å². The Morgan fingerprint density at radius 2 is 2.06 bits per heavy atom. The van der Waals surface area contributed by atoms with Crippen LogP contribution < -0.4 is 5.32 Å². The Morgan fingerprint density at radius 1 is 1.33 bits per heavy atom. The summed E-state index contributed by atoms with van der Waals surface area (Å²) >= 11 is 0. The smallest absolute Gasteiger partial charge is 0.225 e. The second kappa shape index (κ2) is 5.44. The van der Waals surface area contributed by atoms with Crippen molar-refractivity contribution in [2.45, 2.75) is 19.8 Å². The zero-order valence-corrected chi connectivity index (χ0v) is 10.6. The first kappa shape index (κ1) is 12.3. The van der Waals surface area contributed by atoms with Crippen molar-refractivity contribution in [1.82, 2.24) is 15.0 Å². The normalized spacial score (nSPS) is 10.3. The fraction of sp³-hybridized carbons (Fsp3) is 0.308. The lowest BCUT2D eigenvalue weighted by atomic mass is 10.1. The number of anilines is 1. The molecule has 1 amide bonds. The maximum atomic E-state index is 11.7. The molecule has 18 heavy (non-hydrogen) atoms. The highest BCUT2D eigenvalue weighted by Gasteiger charge is 2.05. The number of carbonyl (C=O) groups excluding carboxylic acids is 1. The molecule has 1 N–H and O–H groups in total. The van der Waals surface area contributed by atoms with Crippen LogP contribution in [-0.4, -0.2) is 20.9 Å². The lowest BCUT2D eigenvalue weighted by Crippen LogP contribution is -2.13. The van der Waals surface area contributed by atoms with Gasteiger partial charge in [0.15, 0.2) is 5.82 Å². The van der Waals surface area contributed by atoms with Crippen LogP contribution in [0.2, 0.25) is 0 Å². The van der Waals surface area contributed by atoms with E-state index in [1.807, 2.05) is 19.1 Å². The van der Waals surface area contributed by atoms with Crippen molar-refractivity contribution >= 4 is 11.7 Å². The van der Waals surface area contributed by atoms with Crippen LogP contribution >= 0.6 is 0 Å². The number of aryl methyl sites for hydroxylation is 3. The van der Waals surface area contributed by atoms with Crippen molar-refractivity contribution in [3.8, 4) is 0 Å². The third-order valence-corrected chi connectivity index (χ3v) is 2.63. The highest BCUT2D eigenvalue weighted by molar-refractivity contribution is 5.89. The van der Waals surface area contributed by atoms with Crippen LogP contribution in [0, 0.1) is 6.92 Å². The van der Waals surface area contributed by atoms with Gasteiger partial charge in [-0.3, -0.25) is 4.79 Å². The van der Waals surface area contributed by atoms with Gasteiger partial charge in [0, 0.05) is 13.5 Å². The van der Waals surface area contributed by atoms with Gasteiger partial charge in [-0.15, -0.1) is 5.10 Å². The Bertz CT molecular complexity index is 530. The van der Waals surface area contributed by atoms with Crippen LogP contribution in [0.4, 0.5) is 5.82 Å². The molecule has 0 saturated heterocycles. The van der Waals surface area contributed by atoms with Gasteiger partial charge in [-0.25, -0.2) is 0 Å². The highest BCUT2D eigenvalue weighted by atomic mass is 16.1. The van der Waals surface area contributed by atoms with Crippen LogP contribution in [-0.2, 0) is 18.3 Å². The van der Waals surface area contributed by atoms with E-state index in [9.17, 15) is 4.79 Å². The minimum Gasteiger partial charge on any atom is -0.308 e. The molecule has 0 unspecified atom stereocenters. The Balaban J connectivity index is 1.83. The maximum Gasteiger partial charge on any atom is 0.225 e. The molecule has 1 aromatic heterocycles. The number of amides is 1. The van der Waals surface area contributed by atoms with Gasteiger partial charge in [-0.2, -0.15) is 9.90 Å². The lowest BCUT2D eigenvalue weighted by molar-refractivity contribution is -0.116. The molecule has 0 aliphatic heterocycles. The molecule has 0 bridgehead atoms. The molecule has 0 fully saturated rings. The van der Waals surface area contributed by atoms with E-state index < -0.39 is 0 Å². The molecule has 1 heterocycles. The van der Waals surface area contributed by atoms with Crippen molar-refractivity contribution in [3.05, 3.63) is 41.6 Å². The van der Waals surface area contributed by atoms with Gasteiger partial charge in [0.2, 0.25) is 5.91 Å². The van der Waals surface area contributed by atoms with E-state index in [1.165, 1.54) is 16.6 Å². The Labute approximate surface area is 106 Å². The maximum absolute atomic E-state index is 11.7. The van der Waals surface area contributed by atoms with Crippen LogP contribution in [0.1, 0.15) is 17.5 Å². The monoisotopic (exact) mass is 244 g/mol. The van der Waals surface area contributed by atoms with Gasteiger partial charge < -0.3 is 5.32 Å². The summed E-state index contributed by atoms with van der Waals surface area (Å²) in [5.41, 5.74) is 2.39. The number of hydrogen-bond donors (Lipinski definition) is 1. The van der Waals surface area contributed by atoms with Crippen molar-refractivity contribution in [1.29, 1.82) is 0 Å². The molecular weight excluding hydrogens is 228 g/mol. The summed E-state index contributed by atoms with van der Waals surface area (Å²) in [6.45, 7) is 2.05. The molecule has 2 aromatic rings. The summed E-state index contributed by atoms with van der Waals surface area (Å²) in [5, 5.41) is 10.6. The molecule has 0 saturated carbocycles. The number of rotatable bonds is 4. The summed E-state index contributed by atoms with van der Waals surface area (Å²) in [7, 11) is 1.71. The summed E-state index contributed by atoms with van der Waals surface area (Å²) in [6, 6.07) is 8.20. The van der Waals surface area contributed by atoms with Gasteiger partial charge in [0.25, 0.3) is 0 Å². The second-order valence-corrected chi connectivity index (χ2v) is 4.25. The van der Waals surface area contributed by atoms with Crippen molar-refractivity contribution in [3.63, 3.8) is 0 Å². The average Bonchev–Trinajstić information content (AvgIpc) is 2.74. The number of nitrogens with zero attached hydrogens (tertiary/aromatic N) is 3. The Morgan fingerprint density at radius 3 is 2.67 bits per heavy atom. The van der Waals surface area contributed by atoms with E-state index in [-0.39, 0.29) is 5.91 Å². The van der Waals surface area contributed by atoms with Crippen molar-refractivity contribution < 1.29 is 4.79 Å². The van der Waals surface area contributed by atoms with Gasteiger partial charge in [-0.05, 0) is 18.9 Å². The molecule has 0 atom stereocenters. The zero-order chi connectivity index (χ0) is 13.0. The quantitative estimate of drug-likeness (QED) is 0.890. The number of aromatic nitrogens is 3. The van der Waals surface area contributed by atoms with E-state index in [0.717, 1.165) is 12.0 Å². The van der Waals surface area contributed by atoms with Gasteiger partial charge in [0.1, 0.15) is 0 Å². The lowest BCUT2D eigenvalue weighted by Gasteiger charge is -2.02. The SMILES string of the molecule is Cc1ccc(CCC(=O)Nc2cnn(C)n2)cc1. The van der Waals surface area contributed by atoms with Gasteiger partial charge in [-0.1, -0.05) is 29.8 Å². The fourth-order valence-corrected chi connectivity index (χ4v) is 1.62. The predicted molar refractivity (Wildman–Crippen MR) is 69.1 cm³/mol. The number of hydrogen-bond acceptors (Lipinski definition) is 3. The Kier molecular flexibility index (Phi) is 3.72. The van der Waals surface area contributed by atoms with Crippen LogP contribution in [0.5, 0.6) is 0 Å². The van der Waals surface area contributed by atoms with E-state index >= 15 is 0 Å². The van der Waals surface area contributed by atoms with Crippen LogP contribution in [0.25, 0.3) is 0 Å². The third-order valence-electron chi connectivity index (χ3n) is 2.63. The number of nitrogens with one attached hydrogen (secondary N) is 1. The molecule has 0 spiro atoms. The molecule has 5 heteroatoms. The largest absolute Gasteiger partial charge is 0.308 e. The van der Waals surface area contributed by atoms with E-state index in [1.54, 1.807) is 7.05 Å². The molecule has 94 valence electrons. The molecule has 2 rings (SSSR count). The minimum absolute atomic E-state index is 0.0453. The van der Waals surface area contributed by atoms with Crippen molar-refractivity contribution in [2.24, 2.45) is 7.05 Å². The van der Waals surface area contributed by atoms with Gasteiger partial charge in [0.05, 0.1) is 6.20 Å². The molecule has 0 aliphatic carbocycles.